The number of rotatable bonds is 6. The van der Waals surface area contributed by atoms with Gasteiger partial charge in [0.15, 0.2) is 11.5 Å². The summed E-state index contributed by atoms with van der Waals surface area (Å²) in [6, 6.07) is 3.60. The third-order valence-corrected chi connectivity index (χ3v) is 2.85. The lowest BCUT2D eigenvalue weighted by Gasteiger charge is -2.15. The molecule has 0 heterocycles. The Morgan fingerprint density at radius 3 is 2.65 bits per heavy atom. The molecule has 0 aromatic heterocycles. The predicted octanol–water partition coefficient (Wildman–Crippen LogP) is 3.32. The molecule has 0 fully saturated rings. The van der Waals surface area contributed by atoms with Crippen molar-refractivity contribution in [3.8, 4) is 11.5 Å². The number of hydrogen-bond acceptors (Lipinski definition) is 3. The smallest absolute Gasteiger partial charge is 0.179 e. The molecule has 4 heteroatoms. The maximum atomic E-state index is 6.11. The Morgan fingerprint density at radius 2 is 2.12 bits per heavy atom. The highest BCUT2D eigenvalue weighted by molar-refractivity contribution is 6.32. The van der Waals surface area contributed by atoms with Crippen molar-refractivity contribution in [2.75, 3.05) is 14.2 Å². The second kappa shape index (κ2) is 6.52. The summed E-state index contributed by atoms with van der Waals surface area (Å²) in [4.78, 5) is 0. The Balaban J connectivity index is 3.01. The van der Waals surface area contributed by atoms with E-state index in [1.165, 1.54) is 0 Å². The number of methoxy groups -OCH3 is 2. The number of hydrogen-bond donors (Lipinski definition) is 1. The molecule has 1 atom stereocenters. The van der Waals surface area contributed by atoms with Gasteiger partial charge in [0.1, 0.15) is 0 Å². The lowest BCUT2D eigenvalue weighted by Crippen LogP contribution is -2.10. The lowest BCUT2D eigenvalue weighted by molar-refractivity contribution is 0.354. The van der Waals surface area contributed by atoms with E-state index in [0.29, 0.717) is 16.5 Å². The van der Waals surface area contributed by atoms with Gasteiger partial charge in [-0.05, 0) is 30.5 Å². The molecular formula is C13H18ClNO2. The van der Waals surface area contributed by atoms with Crippen molar-refractivity contribution in [2.24, 2.45) is 5.73 Å². The van der Waals surface area contributed by atoms with Gasteiger partial charge in [0.05, 0.1) is 19.2 Å². The van der Waals surface area contributed by atoms with Crippen LogP contribution in [-0.2, 0) is 0 Å². The summed E-state index contributed by atoms with van der Waals surface area (Å²) in [5.74, 6) is 1.14. The van der Waals surface area contributed by atoms with Crippen LogP contribution in [0.25, 0.3) is 0 Å². The van der Waals surface area contributed by atoms with Crippen molar-refractivity contribution in [1.29, 1.82) is 0 Å². The first kappa shape index (κ1) is 13.9. The minimum atomic E-state index is -0.0784. The highest BCUT2D eigenvalue weighted by Gasteiger charge is 2.14. The minimum Gasteiger partial charge on any atom is -0.493 e. The molecule has 0 amide bonds. The number of benzene rings is 1. The highest BCUT2D eigenvalue weighted by atomic mass is 35.5. The quantitative estimate of drug-likeness (QED) is 0.793. The second-order valence-corrected chi connectivity index (χ2v) is 4.12. The summed E-state index contributed by atoms with van der Waals surface area (Å²) in [5, 5.41) is 0.510. The van der Waals surface area contributed by atoms with Gasteiger partial charge in [-0.15, -0.1) is 6.58 Å². The topological polar surface area (TPSA) is 44.5 Å². The zero-order chi connectivity index (χ0) is 12.8. The second-order valence-electron chi connectivity index (χ2n) is 3.71. The van der Waals surface area contributed by atoms with Crippen LogP contribution >= 0.6 is 11.6 Å². The van der Waals surface area contributed by atoms with Gasteiger partial charge in [-0.3, -0.25) is 0 Å². The van der Waals surface area contributed by atoms with Crippen molar-refractivity contribution in [3.05, 3.63) is 35.4 Å². The molecule has 1 rings (SSSR count). The van der Waals surface area contributed by atoms with E-state index in [2.05, 4.69) is 6.58 Å². The summed E-state index contributed by atoms with van der Waals surface area (Å²) in [7, 11) is 3.13. The van der Waals surface area contributed by atoms with Crippen LogP contribution in [0, 0.1) is 0 Å². The number of ether oxygens (including phenoxy) is 2. The van der Waals surface area contributed by atoms with Gasteiger partial charge < -0.3 is 15.2 Å². The number of halogens is 1. The van der Waals surface area contributed by atoms with E-state index in [9.17, 15) is 0 Å². The fraction of sp³-hybridized carbons (Fsp3) is 0.385. The number of allylic oxidation sites excluding steroid dienone is 1. The van der Waals surface area contributed by atoms with Crippen LogP contribution in [0.5, 0.6) is 11.5 Å². The Hall–Kier alpha value is -1.19. The first-order chi connectivity index (χ1) is 8.13. The Kier molecular flexibility index (Phi) is 5.32. The fourth-order valence-electron chi connectivity index (χ4n) is 1.62. The van der Waals surface area contributed by atoms with E-state index in [0.717, 1.165) is 18.4 Å². The molecule has 0 aliphatic heterocycles. The monoisotopic (exact) mass is 255 g/mol. The van der Waals surface area contributed by atoms with Gasteiger partial charge >= 0.3 is 0 Å². The molecule has 3 nitrogen and oxygen atoms in total. The van der Waals surface area contributed by atoms with Crippen LogP contribution in [0.2, 0.25) is 5.02 Å². The van der Waals surface area contributed by atoms with Crippen LogP contribution in [0.4, 0.5) is 0 Å². The van der Waals surface area contributed by atoms with E-state index in [-0.39, 0.29) is 6.04 Å². The van der Waals surface area contributed by atoms with Gasteiger partial charge in [0, 0.05) is 6.04 Å². The van der Waals surface area contributed by atoms with Crippen LogP contribution in [0.15, 0.2) is 24.8 Å². The molecule has 0 saturated carbocycles. The van der Waals surface area contributed by atoms with Crippen LogP contribution in [-0.4, -0.2) is 14.2 Å². The molecular weight excluding hydrogens is 238 g/mol. The van der Waals surface area contributed by atoms with E-state index < -0.39 is 0 Å². The molecule has 0 spiro atoms. The summed E-state index contributed by atoms with van der Waals surface area (Å²) in [5.41, 5.74) is 7.00. The third-order valence-electron chi connectivity index (χ3n) is 2.57. The van der Waals surface area contributed by atoms with Gasteiger partial charge in [-0.25, -0.2) is 0 Å². The van der Waals surface area contributed by atoms with Crippen molar-refractivity contribution in [3.63, 3.8) is 0 Å². The van der Waals surface area contributed by atoms with Crippen molar-refractivity contribution >= 4 is 11.6 Å². The fourth-order valence-corrected chi connectivity index (χ4v) is 1.91. The summed E-state index contributed by atoms with van der Waals surface area (Å²) >= 11 is 6.11. The molecule has 0 aliphatic rings. The molecule has 1 aromatic rings. The molecule has 0 radical (unpaired) electrons. The van der Waals surface area contributed by atoms with Gasteiger partial charge in [-0.1, -0.05) is 17.7 Å². The number of nitrogens with two attached hydrogens (primary N) is 1. The van der Waals surface area contributed by atoms with E-state index in [1.54, 1.807) is 14.2 Å². The van der Waals surface area contributed by atoms with Gasteiger partial charge in [0.25, 0.3) is 0 Å². The molecule has 94 valence electrons. The maximum Gasteiger partial charge on any atom is 0.179 e. The summed E-state index contributed by atoms with van der Waals surface area (Å²) in [6.07, 6.45) is 3.55. The molecule has 17 heavy (non-hydrogen) atoms. The van der Waals surface area contributed by atoms with E-state index in [1.807, 2.05) is 18.2 Å². The van der Waals surface area contributed by atoms with E-state index >= 15 is 0 Å². The zero-order valence-corrected chi connectivity index (χ0v) is 11.0. The maximum absolute atomic E-state index is 6.11. The Bertz CT molecular complexity index is 393. The first-order valence-electron chi connectivity index (χ1n) is 5.42. The molecule has 1 unspecified atom stereocenters. The van der Waals surface area contributed by atoms with Crippen molar-refractivity contribution in [2.45, 2.75) is 18.9 Å². The minimum absolute atomic E-state index is 0.0784. The predicted molar refractivity (Wildman–Crippen MR) is 70.9 cm³/mol. The third kappa shape index (κ3) is 3.38. The molecule has 0 bridgehead atoms. The SMILES string of the molecule is C=CCCC(N)c1cc(Cl)c(OC)c(OC)c1. The average Bonchev–Trinajstić information content (AvgIpc) is 2.34. The summed E-state index contributed by atoms with van der Waals surface area (Å²) < 4.78 is 10.4. The van der Waals surface area contributed by atoms with Gasteiger partial charge in [0.2, 0.25) is 0 Å². The van der Waals surface area contributed by atoms with Gasteiger partial charge in [-0.2, -0.15) is 0 Å². The average molecular weight is 256 g/mol. The standard InChI is InChI=1S/C13H18ClNO2/c1-4-5-6-11(15)9-7-10(14)13(17-3)12(8-9)16-2/h4,7-8,11H,1,5-6,15H2,2-3H3. The molecule has 1 aromatic carbocycles. The van der Waals surface area contributed by atoms with Crippen LogP contribution in [0.3, 0.4) is 0 Å². The van der Waals surface area contributed by atoms with Crippen molar-refractivity contribution < 1.29 is 9.47 Å². The zero-order valence-electron chi connectivity index (χ0n) is 10.2. The molecule has 0 aliphatic carbocycles. The van der Waals surface area contributed by atoms with Crippen LogP contribution in [0.1, 0.15) is 24.4 Å². The highest BCUT2D eigenvalue weighted by Crippen LogP contribution is 2.37. The summed E-state index contributed by atoms with van der Waals surface area (Å²) in [6.45, 7) is 3.68. The molecule has 2 N–H and O–H groups in total. The molecule has 0 saturated heterocycles. The Morgan fingerprint density at radius 1 is 1.41 bits per heavy atom. The van der Waals surface area contributed by atoms with E-state index in [4.69, 9.17) is 26.8 Å². The first-order valence-corrected chi connectivity index (χ1v) is 5.79. The normalized spacial score (nSPS) is 12.0. The Labute approximate surface area is 107 Å². The van der Waals surface area contributed by atoms with Crippen LogP contribution < -0.4 is 15.2 Å². The largest absolute Gasteiger partial charge is 0.493 e. The lowest BCUT2D eigenvalue weighted by atomic mass is 10.0. The van der Waals surface area contributed by atoms with Crippen molar-refractivity contribution in [1.82, 2.24) is 0 Å².